The van der Waals surface area contributed by atoms with Gasteiger partial charge < -0.3 is 0 Å². The fourth-order valence-electron chi connectivity index (χ4n) is 4.74. The minimum Gasteiger partial charge on any atom is -0.298 e. The lowest BCUT2D eigenvalue weighted by Gasteiger charge is -2.28. The van der Waals surface area contributed by atoms with Crippen molar-refractivity contribution < 1.29 is 17.2 Å². The maximum atomic E-state index is 13.4. The van der Waals surface area contributed by atoms with Crippen LogP contribution in [0, 0.1) is 11.6 Å². The van der Waals surface area contributed by atoms with Crippen molar-refractivity contribution in [1.82, 2.24) is 4.90 Å². The molecule has 4 rings (SSSR count). The average Bonchev–Trinajstić information content (AvgIpc) is 3.33. The SMILES string of the molecule is CC1CCCN1C1CC[C@H](c2ccc(NS(=O)(=O)c3ccc(F)c(F)c3)cc2)C1. The molecule has 29 heavy (non-hydrogen) atoms. The summed E-state index contributed by atoms with van der Waals surface area (Å²) in [4.78, 5) is 2.34. The van der Waals surface area contributed by atoms with Crippen LogP contribution < -0.4 is 4.72 Å². The standard InChI is InChI=1S/C22H26F2N2O2S/c1-15-3-2-12-26(15)19-9-6-17(13-19)16-4-7-18(8-5-16)25-29(27,28)20-10-11-21(23)22(24)14-20/h4-5,7-8,10-11,14-15,17,19,25H,2-3,6,9,12-13H2,1H3/t15?,17-,19?/m0/s1. The number of hydrogen-bond donors (Lipinski definition) is 1. The third-order valence-corrected chi connectivity index (χ3v) is 7.69. The van der Waals surface area contributed by atoms with Crippen LogP contribution in [0.5, 0.6) is 0 Å². The van der Waals surface area contributed by atoms with Crippen LogP contribution in [-0.2, 0) is 10.0 Å². The summed E-state index contributed by atoms with van der Waals surface area (Å²) in [6, 6.07) is 11.3. The van der Waals surface area contributed by atoms with Crippen LogP contribution in [0.1, 0.15) is 50.5 Å². The Labute approximate surface area is 171 Å². The topological polar surface area (TPSA) is 49.4 Å². The van der Waals surface area contributed by atoms with Crippen molar-refractivity contribution in [3.05, 3.63) is 59.7 Å². The minimum atomic E-state index is -3.97. The van der Waals surface area contributed by atoms with E-state index >= 15 is 0 Å². The fourth-order valence-corrected chi connectivity index (χ4v) is 5.81. The van der Waals surface area contributed by atoms with Gasteiger partial charge in [-0.2, -0.15) is 0 Å². The van der Waals surface area contributed by atoms with Gasteiger partial charge in [0.05, 0.1) is 4.90 Å². The first-order valence-electron chi connectivity index (χ1n) is 10.2. The molecule has 0 amide bonds. The molecule has 4 nitrogen and oxygen atoms in total. The number of nitrogens with zero attached hydrogens (tertiary/aromatic N) is 1. The average molecular weight is 421 g/mol. The lowest BCUT2D eigenvalue weighted by Crippen LogP contribution is -2.35. The zero-order valence-electron chi connectivity index (χ0n) is 16.4. The van der Waals surface area contributed by atoms with Gasteiger partial charge in [-0.3, -0.25) is 9.62 Å². The van der Waals surface area contributed by atoms with E-state index in [-0.39, 0.29) is 4.90 Å². The van der Waals surface area contributed by atoms with Gasteiger partial charge in [0.25, 0.3) is 10.0 Å². The summed E-state index contributed by atoms with van der Waals surface area (Å²) in [6.07, 6.45) is 6.07. The monoisotopic (exact) mass is 420 g/mol. The summed E-state index contributed by atoms with van der Waals surface area (Å²) < 4.78 is 53.7. The molecule has 2 unspecified atom stereocenters. The molecule has 1 aliphatic heterocycles. The smallest absolute Gasteiger partial charge is 0.261 e. The highest BCUT2D eigenvalue weighted by Crippen LogP contribution is 2.39. The van der Waals surface area contributed by atoms with Gasteiger partial charge in [-0.1, -0.05) is 12.1 Å². The number of halogens is 2. The highest BCUT2D eigenvalue weighted by Gasteiger charge is 2.34. The number of anilines is 1. The van der Waals surface area contributed by atoms with Crippen molar-refractivity contribution in [2.45, 2.75) is 61.9 Å². The van der Waals surface area contributed by atoms with Crippen LogP contribution in [0.4, 0.5) is 14.5 Å². The largest absolute Gasteiger partial charge is 0.298 e. The van der Waals surface area contributed by atoms with E-state index in [0.717, 1.165) is 25.0 Å². The lowest BCUT2D eigenvalue weighted by molar-refractivity contribution is 0.191. The predicted molar refractivity (Wildman–Crippen MR) is 109 cm³/mol. The number of hydrogen-bond acceptors (Lipinski definition) is 3. The molecule has 1 N–H and O–H groups in total. The molecular formula is C22H26F2N2O2S. The molecule has 1 saturated carbocycles. The van der Waals surface area contributed by atoms with Gasteiger partial charge in [0.15, 0.2) is 11.6 Å². The normalized spacial score (nSPS) is 25.4. The van der Waals surface area contributed by atoms with Crippen molar-refractivity contribution >= 4 is 15.7 Å². The molecule has 2 aliphatic rings. The first-order valence-corrected chi connectivity index (χ1v) is 11.7. The Morgan fingerprint density at radius 1 is 1.00 bits per heavy atom. The summed E-state index contributed by atoms with van der Waals surface area (Å²) in [5, 5.41) is 0. The Balaban J connectivity index is 1.42. The van der Waals surface area contributed by atoms with E-state index in [0.29, 0.717) is 29.8 Å². The first kappa shape index (κ1) is 20.3. The molecule has 3 atom stereocenters. The third-order valence-electron chi connectivity index (χ3n) is 6.31. The van der Waals surface area contributed by atoms with Crippen molar-refractivity contribution in [2.75, 3.05) is 11.3 Å². The first-order chi connectivity index (χ1) is 13.8. The maximum absolute atomic E-state index is 13.4. The van der Waals surface area contributed by atoms with Gasteiger partial charge >= 0.3 is 0 Å². The Morgan fingerprint density at radius 2 is 1.76 bits per heavy atom. The predicted octanol–water partition coefficient (Wildman–Crippen LogP) is 4.89. The van der Waals surface area contributed by atoms with E-state index in [2.05, 4.69) is 16.5 Å². The van der Waals surface area contributed by atoms with Gasteiger partial charge in [0, 0.05) is 17.8 Å². The van der Waals surface area contributed by atoms with Gasteiger partial charge in [0.1, 0.15) is 0 Å². The fraction of sp³-hybridized carbons (Fsp3) is 0.455. The molecule has 0 radical (unpaired) electrons. The number of benzene rings is 2. The van der Waals surface area contributed by atoms with Crippen LogP contribution >= 0.6 is 0 Å². The van der Waals surface area contributed by atoms with Crippen LogP contribution in [-0.4, -0.2) is 31.9 Å². The molecule has 1 heterocycles. The van der Waals surface area contributed by atoms with E-state index in [4.69, 9.17) is 0 Å². The second-order valence-electron chi connectivity index (χ2n) is 8.20. The summed E-state index contributed by atoms with van der Waals surface area (Å²) in [6.45, 7) is 3.51. The van der Waals surface area contributed by atoms with Gasteiger partial charge in [-0.25, -0.2) is 17.2 Å². The number of likely N-dealkylation sites (tertiary alicyclic amines) is 1. The molecule has 2 fully saturated rings. The highest BCUT2D eigenvalue weighted by atomic mass is 32.2. The maximum Gasteiger partial charge on any atom is 0.261 e. The van der Waals surface area contributed by atoms with Gasteiger partial charge in [-0.05, 0) is 87.4 Å². The van der Waals surface area contributed by atoms with Crippen LogP contribution in [0.3, 0.4) is 0 Å². The van der Waals surface area contributed by atoms with E-state index in [9.17, 15) is 17.2 Å². The lowest BCUT2D eigenvalue weighted by atomic mass is 9.97. The third kappa shape index (κ3) is 4.31. The zero-order valence-corrected chi connectivity index (χ0v) is 17.3. The Bertz CT molecular complexity index is 979. The molecule has 0 spiro atoms. The molecule has 2 aromatic carbocycles. The Morgan fingerprint density at radius 3 is 2.41 bits per heavy atom. The number of rotatable bonds is 5. The summed E-state index contributed by atoms with van der Waals surface area (Å²) in [7, 11) is -3.97. The summed E-state index contributed by atoms with van der Waals surface area (Å²) in [5.74, 6) is -1.78. The second kappa shape index (κ2) is 8.03. The van der Waals surface area contributed by atoms with Crippen LogP contribution in [0.15, 0.2) is 47.4 Å². The van der Waals surface area contributed by atoms with Crippen molar-refractivity contribution in [3.63, 3.8) is 0 Å². The van der Waals surface area contributed by atoms with E-state index in [1.807, 2.05) is 12.1 Å². The minimum absolute atomic E-state index is 0.307. The van der Waals surface area contributed by atoms with E-state index in [1.54, 1.807) is 12.1 Å². The zero-order chi connectivity index (χ0) is 20.6. The van der Waals surface area contributed by atoms with Gasteiger partial charge in [-0.15, -0.1) is 0 Å². The molecular weight excluding hydrogens is 394 g/mol. The van der Waals surface area contributed by atoms with E-state index < -0.39 is 21.7 Å². The molecule has 0 bridgehead atoms. The molecule has 156 valence electrons. The van der Waals surface area contributed by atoms with Crippen LogP contribution in [0.2, 0.25) is 0 Å². The number of sulfonamides is 1. The van der Waals surface area contributed by atoms with E-state index in [1.165, 1.54) is 31.4 Å². The van der Waals surface area contributed by atoms with Crippen molar-refractivity contribution in [1.29, 1.82) is 0 Å². The summed E-state index contributed by atoms with van der Waals surface area (Å²) >= 11 is 0. The molecule has 7 heteroatoms. The van der Waals surface area contributed by atoms with Crippen molar-refractivity contribution in [3.8, 4) is 0 Å². The number of nitrogens with one attached hydrogen (secondary N) is 1. The van der Waals surface area contributed by atoms with Gasteiger partial charge in [0.2, 0.25) is 0 Å². The quantitative estimate of drug-likeness (QED) is 0.750. The Hall–Kier alpha value is -1.99. The van der Waals surface area contributed by atoms with Crippen LogP contribution in [0.25, 0.3) is 0 Å². The Kier molecular flexibility index (Phi) is 5.62. The molecule has 1 saturated heterocycles. The molecule has 2 aromatic rings. The second-order valence-corrected chi connectivity index (χ2v) is 9.88. The van der Waals surface area contributed by atoms with Crippen molar-refractivity contribution in [2.24, 2.45) is 0 Å². The molecule has 0 aromatic heterocycles. The molecule has 1 aliphatic carbocycles. The highest BCUT2D eigenvalue weighted by molar-refractivity contribution is 7.92. The summed E-state index contributed by atoms with van der Waals surface area (Å²) in [5.41, 5.74) is 1.62.